The maximum absolute atomic E-state index is 12.3. The Morgan fingerprint density at radius 2 is 2.26 bits per heavy atom. The van der Waals surface area contributed by atoms with Crippen molar-refractivity contribution in [1.82, 2.24) is 19.8 Å². The fraction of sp³-hybridized carbons (Fsp3) is 0.750. The molecule has 0 bridgehead atoms. The van der Waals surface area contributed by atoms with Crippen LogP contribution < -0.4 is 10.0 Å². The van der Waals surface area contributed by atoms with Gasteiger partial charge >= 0.3 is 6.18 Å². The first-order valence-electron chi connectivity index (χ1n) is 6.99. The van der Waals surface area contributed by atoms with Gasteiger partial charge in [-0.15, -0.1) is 0 Å². The van der Waals surface area contributed by atoms with Crippen LogP contribution in [0.3, 0.4) is 0 Å². The van der Waals surface area contributed by atoms with E-state index in [0.29, 0.717) is 11.3 Å². The van der Waals surface area contributed by atoms with Crippen LogP contribution in [0.2, 0.25) is 0 Å². The monoisotopic (exact) mass is 356 g/mol. The van der Waals surface area contributed by atoms with Crippen molar-refractivity contribution >= 4 is 10.0 Å². The first kappa shape index (κ1) is 18.2. The summed E-state index contributed by atoms with van der Waals surface area (Å²) in [7, 11) is -2.41. The van der Waals surface area contributed by atoms with Crippen molar-refractivity contribution in [3.05, 3.63) is 12.4 Å². The van der Waals surface area contributed by atoms with Gasteiger partial charge in [0.1, 0.15) is 11.4 Å². The summed E-state index contributed by atoms with van der Waals surface area (Å²) < 4.78 is 69.3. The van der Waals surface area contributed by atoms with Crippen molar-refractivity contribution in [2.75, 3.05) is 26.8 Å². The zero-order valence-electron chi connectivity index (χ0n) is 12.6. The highest BCUT2D eigenvalue weighted by Gasteiger charge is 2.35. The lowest BCUT2D eigenvalue weighted by molar-refractivity contribution is -0.142. The summed E-state index contributed by atoms with van der Waals surface area (Å²) in [5, 5.41) is 6.65. The van der Waals surface area contributed by atoms with Gasteiger partial charge in [-0.3, -0.25) is 4.68 Å². The van der Waals surface area contributed by atoms with E-state index in [4.69, 9.17) is 4.74 Å². The lowest BCUT2D eigenvalue weighted by atomic mass is 9.99. The fourth-order valence-corrected chi connectivity index (χ4v) is 3.62. The third kappa shape index (κ3) is 4.90. The zero-order chi connectivity index (χ0) is 17.1. The highest BCUT2D eigenvalue weighted by atomic mass is 32.2. The Morgan fingerprint density at radius 1 is 1.52 bits per heavy atom. The summed E-state index contributed by atoms with van der Waals surface area (Å²) in [5.41, 5.74) is -0.496. The topological polar surface area (TPSA) is 85.2 Å². The van der Waals surface area contributed by atoms with Crippen LogP contribution in [0.15, 0.2) is 17.3 Å². The molecule has 0 aromatic carbocycles. The first-order valence-corrected chi connectivity index (χ1v) is 8.47. The van der Waals surface area contributed by atoms with E-state index in [1.54, 1.807) is 0 Å². The number of rotatable bonds is 7. The summed E-state index contributed by atoms with van der Waals surface area (Å²) in [6, 6.07) is 0. The highest BCUT2D eigenvalue weighted by molar-refractivity contribution is 7.89. The van der Waals surface area contributed by atoms with Gasteiger partial charge in [-0.2, -0.15) is 18.3 Å². The molecule has 0 aliphatic carbocycles. The Hall–Kier alpha value is -1.17. The molecule has 1 aliphatic heterocycles. The molecule has 7 nitrogen and oxygen atoms in total. The summed E-state index contributed by atoms with van der Waals surface area (Å²) in [6.07, 6.45) is -1.05. The molecule has 2 heterocycles. The number of methoxy groups -OCH3 is 1. The van der Waals surface area contributed by atoms with Gasteiger partial charge in [0, 0.05) is 19.9 Å². The van der Waals surface area contributed by atoms with E-state index >= 15 is 0 Å². The number of alkyl halides is 3. The molecule has 1 unspecified atom stereocenters. The van der Waals surface area contributed by atoms with Crippen LogP contribution in [0.5, 0.6) is 0 Å². The molecule has 1 aromatic heterocycles. The second-order valence-electron chi connectivity index (χ2n) is 5.56. The predicted octanol–water partition coefficient (Wildman–Crippen LogP) is 0.492. The van der Waals surface area contributed by atoms with Gasteiger partial charge in [0.05, 0.1) is 18.3 Å². The smallest absolute Gasteiger partial charge is 0.383 e. The van der Waals surface area contributed by atoms with Gasteiger partial charge in [-0.05, 0) is 19.4 Å². The fourth-order valence-electron chi connectivity index (χ4n) is 2.54. The average molecular weight is 356 g/mol. The van der Waals surface area contributed by atoms with Crippen molar-refractivity contribution in [3.63, 3.8) is 0 Å². The van der Waals surface area contributed by atoms with Crippen molar-refractivity contribution in [1.29, 1.82) is 0 Å². The van der Waals surface area contributed by atoms with E-state index in [9.17, 15) is 21.6 Å². The third-order valence-electron chi connectivity index (χ3n) is 3.61. The average Bonchev–Trinajstić information content (AvgIpc) is 3.06. The number of nitrogens with zero attached hydrogens (tertiary/aromatic N) is 2. The van der Waals surface area contributed by atoms with Gasteiger partial charge in [0.15, 0.2) is 0 Å². The molecule has 1 saturated heterocycles. The number of hydrogen-bond acceptors (Lipinski definition) is 5. The van der Waals surface area contributed by atoms with Crippen LogP contribution in [0.1, 0.15) is 12.8 Å². The van der Waals surface area contributed by atoms with Gasteiger partial charge in [0.2, 0.25) is 10.0 Å². The van der Waals surface area contributed by atoms with E-state index in [2.05, 4.69) is 15.1 Å². The number of sulfonamides is 1. The largest absolute Gasteiger partial charge is 0.408 e. The maximum Gasteiger partial charge on any atom is 0.408 e. The standard InChI is InChI=1S/C12H19F3N4O3S/c1-22-9-11(3-2-4-16-11)7-18-23(20,21)10-5-17-19(6-10)8-12(13,14)15/h5-6,16,18H,2-4,7-9H2,1H3. The second-order valence-corrected chi connectivity index (χ2v) is 7.32. The molecule has 0 radical (unpaired) electrons. The number of ether oxygens (including phenoxy) is 1. The van der Waals surface area contributed by atoms with Crippen molar-refractivity contribution in [3.8, 4) is 0 Å². The van der Waals surface area contributed by atoms with E-state index < -0.39 is 28.3 Å². The minimum atomic E-state index is -4.46. The maximum atomic E-state index is 12.3. The normalized spacial score (nSPS) is 22.6. The van der Waals surface area contributed by atoms with Gasteiger partial charge in [0.25, 0.3) is 0 Å². The molecule has 0 spiro atoms. The van der Waals surface area contributed by atoms with Crippen LogP contribution in [0, 0.1) is 0 Å². The first-order chi connectivity index (χ1) is 10.7. The molecule has 0 amide bonds. The molecule has 1 fully saturated rings. The Bertz CT molecular complexity index is 624. The third-order valence-corrected chi connectivity index (χ3v) is 4.97. The summed E-state index contributed by atoms with van der Waals surface area (Å²) in [5.74, 6) is 0. The SMILES string of the molecule is COCC1(CNS(=O)(=O)c2cnn(CC(F)(F)F)c2)CCCN1. The molecule has 1 aliphatic rings. The van der Waals surface area contributed by atoms with Crippen LogP contribution in [-0.2, 0) is 21.3 Å². The molecule has 11 heteroatoms. The minimum Gasteiger partial charge on any atom is -0.383 e. The lowest BCUT2D eigenvalue weighted by Crippen LogP contribution is -2.52. The van der Waals surface area contributed by atoms with Gasteiger partial charge < -0.3 is 10.1 Å². The number of nitrogens with one attached hydrogen (secondary N) is 2. The molecular formula is C12H19F3N4O3S. The highest BCUT2D eigenvalue weighted by Crippen LogP contribution is 2.21. The molecule has 2 N–H and O–H groups in total. The Kier molecular flexibility index (Phi) is 5.33. The van der Waals surface area contributed by atoms with E-state index in [1.807, 2.05) is 0 Å². The second kappa shape index (κ2) is 6.75. The van der Waals surface area contributed by atoms with Crippen LogP contribution >= 0.6 is 0 Å². The molecular weight excluding hydrogens is 337 g/mol. The molecule has 2 rings (SSSR count). The number of hydrogen-bond donors (Lipinski definition) is 2. The van der Waals surface area contributed by atoms with Gasteiger partial charge in [-0.25, -0.2) is 13.1 Å². The Morgan fingerprint density at radius 3 is 2.83 bits per heavy atom. The number of aromatic nitrogens is 2. The summed E-state index contributed by atoms with van der Waals surface area (Å²) >= 11 is 0. The Balaban J connectivity index is 2.04. The zero-order valence-corrected chi connectivity index (χ0v) is 13.4. The van der Waals surface area contributed by atoms with Crippen LogP contribution in [0.25, 0.3) is 0 Å². The molecule has 1 atom stereocenters. The predicted molar refractivity (Wildman–Crippen MR) is 75.3 cm³/mol. The lowest BCUT2D eigenvalue weighted by Gasteiger charge is -2.28. The number of halogens is 3. The Labute approximate surface area is 132 Å². The van der Waals surface area contributed by atoms with E-state index in [-0.39, 0.29) is 11.4 Å². The molecule has 132 valence electrons. The minimum absolute atomic E-state index is 0.0909. The summed E-state index contributed by atoms with van der Waals surface area (Å²) in [4.78, 5) is -0.299. The van der Waals surface area contributed by atoms with Gasteiger partial charge in [-0.1, -0.05) is 0 Å². The molecule has 23 heavy (non-hydrogen) atoms. The van der Waals surface area contributed by atoms with Crippen molar-refractivity contribution in [2.24, 2.45) is 0 Å². The summed E-state index contributed by atoms with van der Waals surface area (Å²) in [6.45, 7) is -0.150. The van der Waals surface area contributed by atoms with Crippen LogP contribution in [0.4, 0.5) is 13.2 Å². The molecule has 1 aromatic rings. The quantitative estimate of drug-likeness (QED) is 0.743. The van der Waals surface area contributed by atoms with Crippen molar-refractivity contribution < 1.29 is 26.3 Å². The van der Waals surface area contributed by atoms with E-state index in [1.165, 1.54) is 7.11 Å². The molecule has 0 saturated carbocycles. The van der Waals surface area contributed by atoms with Crippen LogP contribution in [-0.4, -0.2) is 56.7 Å². The van der Waals surface area contributed by atoms with Crippen molar-refractivity contribution in [2.45, 2.75) is 36.0 Å². The van der Waals surface area contributed by atoms with E-state index in [0.717, 1.165) is 31.8 Å².